The maximum absolute atomic E-state index is 15.1. The number of β-amino-alcohol motifs (C(OH)–C–C–N with tert-alkyl or cyclic N) is 1. The molecule has 1 saturated heterocycles. The second kappa shape index (κ2) is 10.7. The lowest BCUT2D eigenvalue weighted by molar-refractivity contribution is -0.137. The number of alkyl carbamates (subject to hydrolysis) is 1. The van der Waals surface area contributed by atoms with Crippen molar-refractivity contribution in [3.8, 4) is 5.75 Å². The summed E-state index contributed by atoms with van der Waals surface area (Å²) in [5.74, 6) is -0.814. The smallest absolute Gasteiger partial charge is 0.417 e. The van der Waals surface area contributed by atoms with Crippen LogP contribution in [-0.2, 0) is 10.9 Å². The lowest BCUT2D eigenvalue weighted by Gasteiger charge is -2.40. The zero-order chi connectivity index (χ0) is 26.7. The lowest BCUT2D eigenvalue weighted by atomic mass is 10.1. The van der Waals surface area contributed by atoms with Crippen molar-refractivity contribution < 1.29 is 36.9 Å². The van der Waals surface area contributed by atoms with Gasteiger partial charge in [-0.25, -0.2) is 14.8 Å². The molecule has 1 amide bonds. The number of nitrogens with zero attached hydrogens (tertiary/aromatic N) is 4. The number of piperazine rings is 1. The molecule has 2 aromatic heterocycles. The molecule has 2 aromatic rings. The molecule has 2 atom stereocenters. The first-order chi connectivity index (χ1) is 16.7. The predicted octanol–water partition coefficient (Wildman–Crippen LogP) is 3.57. The Labute approximate surface area is 206 Å². The van der Waals surface area contributed by atoms with Crippen molar-refractivity contribution in [2.24, 2.45) is 0 Å². The van der Waals surface area contributed by atoms with Crippen LogP contribution in [0.4, 0.5) is 34.0 Å². The van der Waals surface area contributed by atoms with Crippen LogP contribution in [0, 0.1) is 5.82 Å². The van der Waals surface area contributed by atoms with Crippen LogP contribution in [-0.4, -0.2) is 65.3 Å². The SMILES string of the molecule is CC(COc1ccnc(N2CCN(c3ccc(C(F)(F)F)cn3)CC2O)c1F)OC(=O)NC(C)(C)C. The summed E-state index contributed by atoms with van der Waals surface area (Å²) in [6, 6.07) is 3.46. The fourth-order valence-electron chi connectivity index (χ4n) is 3.45. The number of aromatic nitrogens is 2. The zero-order valence-electron chi connectivity index (χ0n) is 20.3. The number of hydrogen-bond donors (Lipinski definition) is 2. The molecule has 13 heteroatoms. The van der Waals surface area contributed by atoms with Gasteiger partial charge in [0.25, 0.3) is 0 Å². The van der Waals surface area contributed by atoms with E-state index in [0.717, 1.165) is 12.3 Å². The lowest BCUT2D eigenvalue weighted by Crippen LogP contribution is -2.54. The molecule has 1 aliphatic rings. The first-order valence-corrected chi connectivity index (χ1v) is 11.2. The summed E-state index contributed by atoms with van der Waals surface area (Å²) in [6.45, 7) is 7.25. The Kier molecular flexibility index (Phi) is 8.12. The van der Waals surface area contributed by atoms with Crippen molar-refractivity contribution in [2.45, 2.75) is 51.7 Å². The summed E-state index contributed by atoms with van der Waals surface area (Å²) in [4.78, 5) is 22.7. The van der Waals surface area contributed by atoms with Gasteiger partial charge in [-0.2, -0.15) is 17.6 Å². The van der Waals surface area contributed by atoms with Gasteiger partial charge in [-0.15, -0.1) is 0 Å². The molecule has 0 saturated carbocycles. The van der Waals surface area contributed by atoms with Gasteiger partial charge in [-0.3, -0.25) is 0 Å². The minimum atomic E-state index is -4.50. The van der Waals surface area contributed by atoms with Crippen LogP contribution in [0.5, 0.6) is 5.75 Å². The molecular weight excluding hydrogens is 486 g/mol. The van der Waals surface area contributed by atoms with Crippen molar-refractivity contribution in [2.75, 3.05) is 36.0 Å². The molecule has 0 bridgehead atoms. The molecule has 198 valence electrons. The van der Waals surface area contributed by atoms with Crippen molar-refractivity contribution >= 4 is 17.7 Å². The molecular formula is C23H29F4N5O4. The highest BCUT2D eigenvalue weighted by molar-refractivity contribution is 5.68. The van der Waals surface area contributed by atoms with Gasteiger partial charge < -0.3 is 29.7 Å². The number of anilines is 2. The Bertz CT molecular complexity index is 1050. The predicted molar refractivity (Wildman–Crippen MR) is 123 cm³/mol. The van der Waals surface area contributed by atoms with E-state index in [1.165, 1.54) is 23.2 Å². The maximum Gasteiger partial charge on any atom is 0.417 e. The fourth-order valence-corrected chi connectivity index (χ4v) is 3.45. The Morgan fingerprint density at radius 2 is 1.94 bits per heavy atom. The number of halogens is 4. The summed E-state index contributed by atoms with van der Waals surface area (Å²) in [5.41, 5.74) is -1.35. The number of rotatable bonds is 6. The summed E-state index contributed by atoms with van der Waals surface area (Å²) in [6.07, 6.45) is -4.95. The fraction of sp³-hybridized carbons (Fsp3) is 0.522. The Balaban J connectivity index is 1.61. The molecule has 2 unspecified atom stereocenters. The summed E-state index contributed by atoms with van der Waals surface area (Å²) < 4.78 is 64.1. The molecule has 1 aliphatic heterocycles. The monoisotopic (exact) mass is 515 g/mol. The highest BCUT2D eigenvalue weighted by atomic mass is 19.4. The van der Waals surface area contributed by atoms with Gasteiger partial charge in [0, 0.05) is 37.1 Å². The van der Waals surface area contributed by atoms with Crippen LogP contribution in [0.3, 0.4) is 0 Å². The number of carbonyl (C=O) groups excluding carboxylic acids is 1. The third-order valence-electron chi connectivity index (χ3n) is 5.12. The summed E-state index contributed by atoms with van der Waals surface area (Å²) in [7, 11) is 0. The minimum absolute atomic E-state index is 0.0294. The van der Waals surface area contributed by atoms with E-state index in [9.17, 15) is 23.1 Å². The highest BCUT2D eigenvalue weighted by Gasteiger charge is 2.33. The molecule has 3 heterocycles. The van der Waals surface area contributed by atoms with Crippen LogP contribution < -0.4 is 19.9 Å². The third-order valence-corrected chi connectivity index (χ3v) is 5.12. The number of aliphatic hydroxyl groups is 1. The van der Waals surface area contributed by atoms with E-state index in [4.69, 9.17) is 9.47 Å². The Morgan fingerprint density at radius 3 is 2.53 bits per heavy atom. The standard InChI is InChI=1S/C23H29F4N5O4/c1-14(36-21(34)30-22(2,3)4)13-35-16-7-8-28-20(19(16)24)32-10-9-31(12-18(32)33)17-6-5-15(11-29-17)23(25,26)27/h5-8,11,14,18,33H,9-10,12-13H2,1-4H3,(H,30,34). The molecule has 1 fully saturated rings. The van der Waals surface area contributed by atoms with Gasteiger partial charge in [-0.1, -0.05) is 0 Å². The Morgan fingerprint density at radius 1 is 1.22 bits per heavy atom. The van der Waals surface area contributed by atoms with E-state index in [-0.39, 0.29) is 43.6 Å². The van der Waals surface area contributed by atoms with Gasteiger partial charge in [-0.05, 0) is 39.8 Å². The highest BCUT2D eigenvalue weighted by Crippen LogP contribution is 2.31. The summed E-state index contributed by atoms with van der Waals surface area (Å²) >= 11 is 0. The zero-order valence-corrected chi connectivity index (χ0v) is 20.3. The van der Waals surface area contributed by atoms with Crippen molar-refractivity contribution in [1.29, 1.82) is 0 Å². The number of hydrogen-bond acceptors (Lipinski definition) is 8. The van der Waals surface area contributed by atoms with E-state index in [1.807, 2.05) is 0 Å². The second-order valence-electron chi connectivity index (χ2n) is 9.37. The van der Waals surface area contributed by atoms with Gasteiger partial charge in [0.15, 0.2) is 11.6 Å². The van der Waals surface area contributed by atoms with Crippen molar-refractivity contribution in [3.05, 3.63) is 42.0 Å². The third kappa shape index (κ3) is 7.09. The number of carbonyl (C=O) groups is 1. The van der Waals surface area contributed by atoms with E-state index in [2.05, 4.69) is 15.3 Å². The first-order valence-electron chi connectivity index (χ1n) is 11.2. The van der Waals surface area contributed by atoms with Crippen LogP contribution in [0.2, 0.25) is 0 Å². The van der Waals surface area contributed by atoms with Crippen molar-refractivity contribution in [1.82, 2.24) is 15.3 Å². The number of pyridine rings is 2. The number of aliphatic hydroxyl groups excluding tert-OH is 1. The van der Waals surface area contributed by atoms with Crippen LogP contribution in [0.15, 0.2) is 30.6 Å². The van der Waals surface area contributed by atoms with E-state index in [1.54, 1.807) is 32.6 Å². The largest absolute Gasteiger partial charge is 0.486 e. The average molecular weight is 516 g/mol. The van der Waals surface area contributed by atoms with Crippen molar-refractivity contribution in [3.63, 3.8) is 0 Å². The maximum atomic E-state index is 15.1. The van der Waals surface area contributed by atoms with E-state index >= 15 is 4.39 Å². The number of alkyl halides is 3. The molecule has 0 aliphatic carbocycles. The molecule has 0 radical (unpaired) electrons. The van der Waals surface area contributed by atoms with Gasteiger partial charge >= 0.3 is 12.3 Å². The minimum Gasteiger partial charge on any atom is -0.486 e. The molecule has 0 aromatic carbocycles. The van der Waals surface area contributed by atoms with Crippen LogP contribution in [0.25, 0.3) is 0 Å². The van der Waals surface area contributed by atoms with E-state index in [0.29, 0.717) is 0 Å². The Hall–Kier alpha value is -3.35. The second-order valence-corrected chi connectivity index (χ2v) is 9.37. The van der Waals surface area contributed by atoms with Gasteiger partial charge in [0.1, 0.15) is 24.8 Å². The first kappa shape index (κ1) is 27.2. The molecule has 3 rings (SSSR count). The van der Waals surface area contributed by atoms with Gasteiger partial charge in [0.2, 0.25) is 5.82 Å². The topological polar surface area (TPSA) is 100 Å². The number of nitrogens with one attached hydrogen (secondary N) is 1. The van der Waals surface area contributed by atoms with Gasteiger partial charge in [0.05, 0.1) is 12.1 Å². The molecule has 0 spiro atoms. The average Bonchev–Trinajstić information content (AvgIpc) is 2.77. The normalized spacial score (nSPS) is 17.5. The number of amides is 1. The molecule has 36 heavy (non-hydrogen) atoms. The molecule has 9 nitrogen and oxygen atoms in total. The van der Waals surface area contributed by atoms with Crippen LogP contribution in [0.1, 0.15) is 33.3 Å². The van der Waals surface area contributed by atoms with Crippen LogP contribution >= 0.6 is 0 Å². The molecule has 2 N–H and O–H groups in total. The quantitative estimate of drug-likeness (QED) is 0.564. The number of ether oxygens (including phenoxy) is 2. The summed E-state index contributed by atoms with van der Waals surface area (Å²) in [5, 5.41) is 13.3. The van der Waals surface area contributed by atoms with E-state index < -0.39 is 41.5 Å².